The molecule has 0 aliphatic carbocycles. The molecule has 0 amide bonds. The van der Waals surface area contributed by atoms with Crippen molar-refractivity contribution < 1.29 is 4.42 Å². The molecule has 2 heterocycles. The standard InChI is InChI=1S/C15H22N4O/c1-15(2,3)14-18-12(16-4)10-13(19-14)17-8-7-11-6-5-9-20-11/h5-6,9-10H,7-8H2,1-4H3,(H2,16,17,18,19). The number of nitrogens with zero attached hydrogens (tertiary/aromatic N) is 2. The zero-order valence-corrected chi connectivity index (χ0v) is 12.5. The van der Waals surface area contributed by atoms with E-state index < -0.39 is 0 Å². The second-order valence-corrected chi connectivity index (χ2v) is 5.72. The average Bonchev–Trinajstić information content (AvgIpc) is 2.90. The summed E-state index contributed by atoms with van der Waals surface area (Å²) in [6.45, 7) is 7.09. The van der Waals surface area contributed by atoms with Crippen LogP contribution in [0.15, 0.2) is 28.9 Å². The van der Waals surface area contributed by atoms with Crippen molar-refractivity contribution >= 4 is 11.6 Å². The van der Waals surface area contributed by atoms with E-state index in [0.717, 1.165) is 36.2 Å². The monoisotopic (exact) mass is 274 g/mol. The molecule has 108 valence electrons. The lowest BCUT2D eigenvalue weighted by Gasteiger charge is -2.18. The third kappa shape index (κ3) is 3.73. The van der Waals surface area contributed by atoms with E-state index in [-0.39, 0.29) is 5.41 Å². The summed E-state index contributed by atoms with van der Waals surface area (Å²) in [6.07, 6.45) is 2.52. The number of anilines is 2. The number of rotatable bonds is 5. The first-order valence-corrected chi connectivity index (χ1v) is 6.82. The van der Waals surface area contributed by atoms with Gasteiger partial charge in [-0.1, -0.05) is 20.8 Å². The van der Waals surface area contributed by atoms with Gasteiger partial charge >= 0.3 is 0 Å². The van der Waals surface area contributed by atoms with Crippen molar-refractivity contribution in [3.8, 4) is 0 Å². The topological polar surface area (TPSA) is 63.0 Å². The Kier molecular flexibility index (Phi) is 4.27. The second-order valence-electron chi connectivity index (χ2n) is 5.72. The van der Waals surface area contributed by atoms with Gasteiger partial charge < -0.3 is 15.1 Å². The van der Waals surface area contributed by atoms with Crippen molar-refractivity contribution in [2.75, 3.05) is 24.2 Å². The maximum atomic E-state index is 5.31. The fraction of sp³-hybridized carbons (Fsp3) is 0.467. The van der Waals surface area contributed by atoms with Crippen molar-refractivity contribution in [2.45, 2.75) is 32.6 Å². The van der Waals surface area contributed by atoms with Gasteiger partial charge in [-0.3, -0.25) is 0 Å². The van der Waals surface area contributed by atoms with Crippen molar-refractivity contribution in [1.29, 1.82) is 0 Å². The van der Waals surface area contributed by atoms with Gasteiger partial charge in [0.2, 0.25) is 0 Å². The number of furan rings is 1. The van der Waals surface area contributed by atoms with Crippen LogP contribution < -0.4 is 10.6 Å². The molecule has 0 aromatic carbocycles. The van der Waals surface area contributed by atoms with E-state index >= 15 is 0 Å². The molecule has 0 unspecified atom stereocenters. The van der Waals surface area contributed by atoms with E-state index in [1.165, 1.54) is 0 Å². The predicted molar refractivity (Wildman–Crippen MR) is 81.2 cm³/mol. The minimum absolute atomic E-state index is 0.0791. The molecule has 0 saturated heterocycles. The zero-order valence-electron chi connectivity index (χ0n) is 12.5. The van der Waals surface area contributed by atoms with Crippen LogP contribution in [0.4, 0.5) is 11.6 Å². The van der Waals surface area contributed by atoms with Gasteiger partial charge in [0.25, 0.3) is 0 Å². The Morgan fingerprint density at radius 1 is 1.20 bits per heavy atom. The highest BCUT2D eigenvalue weighted by atomic mass is 16.3. The summed E-state index contributed by atoms with van der Waals surface area (Å²) in [7, 11) is 1.86. The van der Waals surface area contributed by atoms with Gasteiger partial charge in [-0.25, -0.2) is 9.97 Å². The van der Waals surface area contributed by atoms with E-state index in [0.29, 0.717) is 0 Å². The first kappa shape index (κ1) is 14.4. The van der Waals surface area contributed by atoms with Crippen LogP contribution in [0, 0.1) is 0 Å². The van der Waals surface area contributed by atoms with Gasteiger partial charge in [0.1, 0.15) is 23.2 Å². The van der Waals surface area contributed by atoms with E-state index in [2.05, 4.69) is 41.4 Å². The third-order valence-corrected chi connectivity index (χ3v) is 2.91. The Balaban J connectivity index is 2.06. The van der Waals surface area contributed by atoms with Crippen molar-refractivity contribution in [3.63, 3.8) is 0 Å². The van der Waals surface area contributed by atoms with Crippen molar-refractivity contribution in [3.05, 3.63) is 36.0 Å². The second kappa shape index (κ2) is 5.94. The highest BCUT2D eigenvalue weighted by Gasteiger charge is 2.18. The maximum Gasteiger partial charge on any atom is 0.138 e. The summed E-state index contributed by atoms with van der Waals surface area (Å²) in [5, 5.41) is 6.39. The molecule has 2 aromatic rings. The molecule has 0 atom stereocenters. The highest BCUT2D eigenvalue weighted by Crippen LogP contribution is 2.22. The SMILES string of the molecule is CNc1cc(NCCc2ccco2)nc(C(C)(C)C)n1. The number of aromatic nitrogens is 2. The predicted octanol–water partition coefficient (Wildman–Crippen LogP) is 3.06. The van der Waals surface area contributed by atoms with Crippen LogP contribution >= 0.6 is 0 Å². The third-order valence-electron chi connectivity index (χ3n) is 2.91. The van der Waals surface area contributed by atoms with Crippen molar-refractivity contribution in [1.82, 2.24) is 9.97 Å². The lowest BCUT2D eigenvalue weighted by molar-refractivity contribution is 0.512. The molecule has 0 aliphatic rings. The molecule has 0 radical (unpaired) electrons. The zero-order chi connectivity index (χ0) is 14.6. The molecular weight excluding hydrogens is 252 g/mol. The Labute approximate surface area is 119 Å². The summed E-state index contributed by atoms with van der Waals surface area (Å²) in [4.78, 5) is 9.08. The summed E-state index contributed by atoms with van der Waals surface area (Å²) in [6, 6.07) is 5.79. The molecule has 0 fully saturated rings. The lowest BCUT2D eigenvalue weighted by atomic mass is 9.96. The normalized spacial score (nSPS) is 11.4. The van der Waals surface area contributed by atoms with Gasteiger partial charge in [-0.2, -0.15) is 0 Å². The molecule has 5 nitrogen and oxygen atoms in total. The molecule has 2 aromatic heterocycles. The average molecular weight is 274 g/mol. The van der Waals surface area contributed by atoms with Crippen LogP contribution in [0.2, 0.25) is 0 Å². The fourth-order valence-corrected chi connectivity index (χ4v) is 1.77. The van der Waals surface area contributed by atoms with Crippen LogP contribution in [-0.2, 0) is 11.8 Å². The van der Waals surface area contributed by atoms with Crippen LogP contribution in [0.5, 0.6) is 0 Å². The van der Waals surface area contributed by atoms with Crippen LogP contribution in [-0.4, -0.2) is 23.6 Å². The number of hydrogen-bond acceptors (Lipinski definition) is 5. The van der Waals surface area contributed by atoms with E-state index in [4.69, 9.17) is 4.42 Å². The molecular formula is C15H22N4O. The molecule has 5 heteroatoms. The molecule has 0 aliphatic heterocycles. The van der Waals surface area contributed by atoms with E-state index in [9.17, 15) is 0 Å². The molecule has 0 spiro atoms. The molecule has 2 N–H and O–H groups in total. The smallest absolute Gasteiger partial charge is 0.138 e. The van der Waals surface area contributed by atoms with Crippen LogP contribution in [0.1, 0.15) is 32.4 Å². The summed E-state index contributed by atoms with van der Waals surface area (Å²) >= 11 is 0. The summed E-state index contributed by atoms with van der Waals surface area (Å²) in [5.74, 6) is 3.45. The highest BCUT2D eigenvalue weighted by molar-refractivity contribution is 5.47. The Morgan fingerprint density at radius 3 is 2.55 bits per heavy atom. The minimum Gasteiger partial charge on any atom is -0.469 e. The van der Waals surface area contributed by atoms with Gasteiger partial charge in [0, 0.05) is 31.5 Å². The first-order valence-electron chi connectivity index (χ1n) is 6.82. The summed E-state index contributed by atoms with van der Waals surface area (Å²) < 4.78 is 5.31. The summed E-state index contributed by atoms with van der Waals surface area (Å²) in [5.41, 5.74) is -0.0791. The Hall–Kier alpha value is -2.04. The van der Waals surface area contributed by atoms with Gasteiger partial charge in [-0.05, 0) is 12.1 Å². The first-order chi connectivity index (χ1) is 9.49. The minimum atomic E-state index is -0.0791. The van der Waals surface area contributed by atoms with E-state index in [1.807, 2.05) is 25.2 Å². The number of hydrogen-bond donors (Lipinski definition) is 2. The quantitative estimate of drug-likeness (QED) is 0.877. The van der Waals surface area contributed by atoms with Gasteiger partial charge in [0.05, 0.1) is 6.26 Å². The largest absolute Gasteiger partial charge is 0.469 e. The molecule has 0 saturated carbocycles. The van der Waals surface area contributed by atoms with Gasteiger partial charge in [0.15, 0.2) is 0 Å². The fourth-order valence-electron chi connectivity index (χ4n) is 1.77. The number of nitrogens with one attached hydrogen (secondary N) is 2. The van der Waals surface area contributed by atoms with Gasteiger partial charge in [-0.15, -0.1) is 0 Å². The van der Waals surface area contributed by atoms with Crippen molar-refractivity contribution in [2.24, 2.45) is 0 Å². The Morgan fingerprint density at radius 2 is 1.95 bits per heavy atom. The van der Waals surface area contributed by atoms with Crippen LogP contribution in [0.25, 0.3) is 0 Å². The molecule has 2 rings (SSSR count). The van der Waals surface area contributed by atoms with E-state index in [1.54, 1.807) is 6.26 Å². The van der Waals surface area contributed by atoms with Crippen LogP contribution in [0.3, 0.4) is 0 Å². The molecule has 20 heavy (non-hydrogen) atoms. The molecule has 0 bridgehead atoms. The maximum absolute atomic E-state index is 5.31. The Bertz CT molecular complexity index is 543. The lowest BCUT2D eigenvalue weighted by Crippen LogP contribution is -2.18.